The molecule has 0 aliphatic carbocycles. The fourth-order valence-electron chi connectivity index (χ4n) is 2.18. The minimum atomic E-state index is 0.479. The van der Waals surface area contributed by atoms with Crippen LogP contribution in [-0.4, -0.2) is 25.8 Å². The van der Waals surface area contributed by atoms with Crippen molar-refractivity contribution in [2.45, 2.75) is 58.1 Å². The first-order valence-corrected chi connectivity index (χ1v) is 6.03. The van der Waals surface area contributed by atoms with Crippen molar-refractivity contribution >= 4 is 0 Å². The van der Waals surface area contributed by atoms with Crippen LogP contribution in [0, 0.1) is 5.92 Å². The summed E-state index contributed by atoms with van der Waals surface area (Å²) >= 11 is 0. The summed E-state index contributed by atoms with van der Waals surface area (Å²) in [6.45, 7) is 5.55. The highest BCUT2D eigenvalue weighted by molar-refractivity contribution is 4.79. The second-order valence-electron chi connectivity index (χ2n) is 4.77. The largest absolute Gasteiger partial charge is 0.377 e. The third kappa shape index (κ3) is 3.97. The van der Waals surface area contributed by atoms with Gasteiger partial charge < -0.3 is 10.1 Å². The van der Waals surface area contributed by atoms with Gasteiger partial charge in [0.25, 0.3) is 0 Å². The van der Waals surface area contributed by atoms with E-state index in [2.05, 4.69) is 26.2 Å². The summed E-state index contributed by atoms with van der Waals surface area (Å²) in [6, 6.07) is 0.580. The molecule has 1 heterocycles. The first-order chi connectivity index (χ1) is 6.74. The van der Waals surface area contributed by atoms with Gasteiger partial charge in [-0.2, -0.15) is 0 Å². The molecule has 0 bridgehead atoms. The third-order valence-electron chi connectivity index (χ3n) is 3.08. The molecule has 0 aromatic heterocycles. The molecule has 84 valence electrons. The van der Waals surface area contributed by atoms with Gasteiger partial charge in [-0.3, -0.25) is 0 Å². The molecule has 0 saturated carbocycles. The van der Waals surface area contributed by atoms with Gasteiger partial charge in [-0.25, -0.2) is 0 Å². The zero-order chi connectivity index (χ0) is 10.4. The number of likely N-dealkylation sites (N-methyl/N-ethyl adjacent to an activating group) is 1. The molecule has 2 heteroatoms. The molecule has 0 radical (unpaired) electrons. The molecule has 1 aliphatic rings. The standard InChI is InChI=1S/C12H25NO/c1-10(2)6-4-7-11(13-3)12-8-5-9-14-12/h10-13H,4-9H2,1-3H3. The molecule has 0 amide bonds. The van der Waals surface area contributed by atoms with Gasteiger partial charge in [-0.1, -0.05) is 26.7 Å². The van der Waals surface area contributed by atoms with E-state index in [9.17, 15) is 0 Å². The second-order valence-corrected chi connectivity index (χ2v) is 4.77. The molecule has 1 fully saturated rings. The van der Waals surface area contributed by atoms with Gasteiger partial charge in [0.1, 0.15) is 0 Å². The summed E-state index contributed by atoms with van der Waals surface area (Å²) in [5.74, 6) is 0.831. The Labute approximate surface area is 88.4 Å². The Balaban J connectivity index is 2.17. The van der Waals surface area contributed by atoms with E-state index in [-0.39, 0.29) is 0 Å². The molecular weight excluding hydrogens is 174 g/mol. The molecule has 1 aliphatic heterocycles. The Morgan fingerprint density at radius 2 is 2.14 bits per heavy atom. The zero-order valence-electron chi connectivity index (χ0n) is 9.88. The molecule has 14 heavy (non-hydrogen) atoms. The molecule has 2 atom stereocenters. The van der Waals surface area contributed by atoms with Crippen LogP contribution in [0.15, 0.2) is 0 Å². The molecule has 2 unspecified atom stereocenters. The maximum absolute atomic E-state index is 5.70. The van der Waals surface area contributed by atoms with Crippen LogP contribution in [0.4, 0.5) is 0 Å². The Morgan fingerprint density at radius 1 is 1.36 bits per heavy atom. The number of ether oxygens (including phenoxy) is 1. The fraction of sp³-hybridized carbons (Fsp3) is 1.00. The summed E-state index contributed by atoms with van der Waals surface area (Å²) in [5, 5.41) is 3.39. The van der Waals surface area contributed by atoms with E-state index in [0.29, 0.717) is 12.1 Å². The van der Waals surface area contributed by atoms with E-state index in [1.54, 1.807) is 0 Å². The molecule has 1 N–H and O–H groups in total. The maximum Gasteiger partial charge on any atom is 0.0728 e. The molecular formula is C12H25NO. The van der Waals surface area contributed by atoms with E-state index in [4.69, 9.17) is 4.74 Å². The summed E-state index contributed by atoms with van der Waals surface area (Å²) in [5.41, 5.74) is 0. The van der Waals surface area contributed by atoms with Crippen molar-refractivity contribution in [3.8, 4) is 0 Å². The first kappa shape index (κ1) is 12.0. The van der Waals surface area contributed by atoms with Crippen molar-refractivity contribution in [3.05, 3.63) is 0 Å². The van der Waals surface area contributed by atoms with Crippen LogP contribution in [0.3, 0.4) is 0 Å². The molecule has 0 aromatic rings. The van der Waals surface area contributed by atoms with Gasteiger partial charge in [-0.05, 0) is 32.2 Å². The monoisotopic (exact) mass is 199 g/mol. The van der Waals surface area contributed by atoms with Crippen LogP contribution in [0.25, 0.3) is 0 Å². The van der Waals surface area contributed by atoms with E-state index < -0.39 is 0 Å². The fourth-order valence-corrected chi connectivity index (χ4v) is 2.18. The lowest BCUT2D eigenvalue weighted by Crippen LogP contribution is -2.37. The average Bonchev–Trinajstić information content (AvgIpc) is 2.64. The van der Waals surface area contributed by atoms with Crippen molar-refractivity contribution in [2.24, 2.45) is 5.92 Å². The van der Waals surface area contributed by atoms with E-state index in [1.165, 1.54) is 32.1 Å². The normalized spacial score (nSPS) is 24.4. The summed E-state index contributed by atoms with van der Waals surface area (Å²) < 4.78 is 5.70. The molecule has 2 nitrogen and oxygen atoms in total. The summed E-state index contributed by atoms with van der Waals surface area (Å²) in [7, 11) is 2.06. The predicted octanol–water partition coefficient (Wildman–Crippen LogP) is 2.58. The van der Waals surface area contributed by atoms with Gasteiger partial charge in [0, 0.05) is 12.6 Å². The van der Waals surface area contributed by atoms with Gasteiger partial charge >= 0.3 is 0 Å². The molecule has 1 rings (SSSR count). The van der Waals surface area contributed by atoms with Crippen molar-refractivity contribution in [2.75, 3.05) is 13.7 Å². The zero-order valence-corrected chi connectivity index (χ0v) is 9.88. The lowest BCUT2D eigenvalue weighted by molar-refractivity contribution is 0.0769. The Bertz CT molecular complexity index is 141. The van der Waals surface area contributed by atoms with Crippen molar-refractivity contribution in [1.29, 1.82) is 0 Å². The Kier molecular flexibility index (Phi) is 5.49. The minimum Gasteiger partial charge on any atom is -0.377 e. The number of rotatable bonds is 6. The first-order valence-electron chi connectivity index (χ1n) is 6.03. The van der Waals surface area contributed by atoms with E-state index in [0.717, 1.165) is 12.5 Å². The van der Waals surface area contributed by atoms with Gasteiger partial charge in [-0.15, -0.1) is 0 Å². The summed E-state index contributed by atoms with van der Waals surface area (Å²) in [6.07, 6.45) is 6.89. The quantitative estimate of drug-likeness (QED) is 0.710. The van der Waals surface area contributed by atoms with E-state index in [1.807, 2.05) is 0 Å². The van der Waals surface area contributed by atoms with Crippen LogP contribution in [0.2, 0.25) is 0 Å². The van der Waals surface area contributed by atoms with Crippen LogP contribution in [0.1, 0.15) is 46.0 Å². The maximum atomic E-state index is 5.70. The van der Waals surface area contributed by atoms with E-state index >= 15 is 0 Å². The van der Waals surface area contributed by atoms with Crippen LogP contribution in [-0.2, 0) is 4.74 Å². The lowest BCUT2D eigenvalue weighted by Gasteiger charge is -2.22. The van der Waals surface area contributed by atoms with Crippen molar-refractivity contribution in [1.82, 2.24) is 5.32 Å². The van der Waals surface area contributed by atoms with Crippen molar-refractivity contribution < 1.29 is 4.74 Å². The number of nitrogens with one attached hydrogen (secondary N) is 1. The Morgan fingerprint density at radius 3 is 2.64 bits per heavy atom. The third-order valence-corrected chi connectivity index (χ3v) is 3.08. The van der Waals surface area contributed by atoms with Gasteiger partial charge in [0.05, 0.1) is 6.10 Å². The number of hydrogen-bond donors (Lipinski definition) is 1. The summed E-state index contributed by atoms with van der Waals surface area (Å²) in [4.78, 5) is 0. The Hall–Kier alpha value is -0.0800. The highest BCUT2D eigenvalue weighted by Gasteiger charge is 2.23. The SMILES string of the molecule is CNC(CCCC(C)C)C1CCCO1. The molecule has 0 aromatic carbocycles. The topological polar surface area (TPSA) is 21.3 Å². The van der Waals surface area contributed by atoms with Gasteiger partial charge in [0.2, 0.25) is 0 Å². The molecule has 0 spiro atoms. The lowest BCUT2D eigenvalue weighted by atomic mass is 9.99. The highest BCUT2D eigenvalue weighted by atomic mass is 16.5. The smallest absolute Gasteiger partial charge is 0.0728 e. The van der Waals surface area contributed by atoms with Gasteiger partial charge in [0.15, 0.2) is 0 Å². The number of hydrogen-bond acceptors (Lipinski definition) is 2. The predicted molar refractivity (Wildman–Crippen MR) is 60.5 cm³/mol. The van der Waals surface area contributed by atoms with Crippen LogP contribution >= 0.6 is 0 Å². The van der Waals surface area contributed by atoms with Crippen LogP contribution < -0.4 is 5.32 Å². The minimum absolute atomic E-state index is 0.479. The highest BCUT2D eigenvalue weighted by Crippen LogP contribution is 2.19. The van der Waals surface area contributed by atoms with Crippen LogP contribution in [0.5, 0.6) is 0 Å². The van der Waals surface area contributed by atoms with Crippen molar-refractivity contribution in [3.63, 3.8) is 0 Å². The average molecular weight is 199 g/mol. The second kappa shape index (κ2) is 6.41. The molecule has 1 saturated heterocycles.